The summed E-state index contributed by atoms with van der Waals surface area (Å²) in [7, 11) is -2.43. The van der Waals surface area contributed by atoms with Gasteiger partial charge in [0.2, 0.25) is 0 Å². The molecule has 0 radical (unpaired) electrons. The number of aliphatic hydroxyl groups is 1. The average molecular weight is 376 g/mol. The second kappa shape index (κ2) is 5.89. The molecule has 0 bridgehead atoms. The smallest absolute Gasteiger partial charge is 0.417 e. The Labute approximate surface area is 148 Å². The van der Waals surface area contributed by atoms with Crippen LogP contribution in [0, 0.1) is 0 Å². The van der Waals surface area contributed by atoms with Crippen molar-refractivity contribution in [2.24, 2.45) is 0 Å². The molecule has 1 aromatic heterocycles. The summed E-state index contributed by atoms with van der Waals surface area (Å²) < 4.78 is 37.7. The molecule has 0 saturated carbocycles. The molecule has 1 aliphatic heterocycles. The molecule has 0 spiro atoms. The second-order valence-corrected chi connectivity index (χ2v) is 7.84. The third-order valence-electron chi connectivity index (χ3n) is 4.45. The number of oxazole rings is 1. The first-order valence-electron chi connectivity index (χ1n) is 7.92. The Kier molecular flexibility index (Phi) is 3.78. The normalized spacial score (nSPS) is 17.3. The second-order valence-electron chi connectivity index (χ2n) is 5.98. The molecular weight excluding hydrogens is 360 g/mol. The zero-order valence-electron chi connectivity index (χ0n) is 13.8. The van der Waals surface area contributed by atoms with Crippen LogP contribution in [0.5, 0.6) is 5.75 Å². The summed E-state index contributed by atoms with van der Waals surface area (Å²) in [4.78, 5) is 13.8. The van der Waals surface area contributed by atoms with Crippen LogP contribution in [0.2, 0.25) is 0 Å². The number of hydrogen-bond donors (Lipinski definition) is 2. The maximum atomic E-state index is 13.2. The Hall–Kier alpha value is -2.78. The highest BCUT2D eigenvalue weighted by atomic mass is 32.2. The third kappa shape index (κ3) is 2.56. The fourth-order valence-electron chi connectivity index (χ4n) is 3.13. The summed E-state index contributed by atoms with van der Waals surface area (Å²) in [5, 5.41) is 10.2. The van der Waals surface area contributed by atoms with Gasteiger partial charge in [0.15, 0.2) is 5.58 Å². The van der Waals surface area contributed by atoms with Crippen LogP contribution < -0.4 is 14.8 Å². The molecule has 0 aliphatic carbocycles. The van der Waals surface area contributed by atoms with Gasteiger partial charge in [0.25, 0.3) is 10.0 Å². The first-order valence-corrected chi connectivity index (χ1v) is 9.36. The lowest BCUT2D eigenvalue weighted by atomic mass is 10.0. The molecule has 1 aliphatic rings. The fourth-order valence-corrected chi connectivity index (χ4v) is 4.64. The van der Waals surface area contributed by atoms with E-state index in [2.05, 4.69) is 4.98 Å². The van der Waals surface area contributed by atoms with Crippen molar-refractivity contribution in [3.8, 4) is 5.75 Å². The molecule has 1 atom stereocenters. The number of aliphatic hydroxyl groups excluding tert-OH is 1. The van der Waals surface area contributed by atoms with Crippen LogP contribution in [0.1, 0.15) is 18.1 Å². The predicted molar refractivity (Wildman–Crippen MR) is 93.9 cm³/mol. The molecule has 0 saturated heterocycles. The molecule has 26 heavy (non-hydrogen) atoms. The number of benzene rings is 2. The summed E-state index contributed by atoms with van der Waals surface area (Å²) >= 11 is 0. The molecule has 9 heteroatoms. The Morgan fingerprint density at radius 2 is 2.08 bits per heavy atom. The topological polar surface area (TPSA) is 113 Å². The van der Waals surface area contributed by atoms with E-state index in [1.807, 2.05) is 0 Å². The maximum absolute atomic E-state index is 13.2. The van der Waals surface area contributed by atoms with Crippen LogP contribution >= 0.6 is 0 Å². The Morgan fingerprint density at radius 1 is 1.27 bits per heavy atom. The van der Waals surface area contributed by atoms with Crippen LogP contribution in [0.4, 0.5) is 5.69 Å². The Bertz CT molecular complexity index is 1150. The van der Waals surface area contributed by atoms with Gasteiger partial charge in [-0.05, 0) is 24.6 Å². The highest BCUT2D eigenvalue weighted by Gasteiger charge is 2.33. The van der Waals surface area contributed by atoms with Crippen LogP contribution in [0.15, 0.2) is 50.5 Å². The number of sulfonamides is 1. The molecule has 3 aromatic rings. The summed E-state index contributed by atoms with van der Waals surface area (Å²) in [6.07, 6.45) is -0.465. The van der Waals surface area contributed by atoms with Crippen LogP contribution in [0.25, 0.3) is 11.1 Å². The van der Waals surface area contributed by atoms with Gasteiger partial charge in [0.05, 0.1) is 29.3 Å². The number of hydrogen-bond acceptors (Lipinski definition) is 6. The molecular formula is C17H16N2O6S. The number of rotatable bonds is 3. The zero-order valence-corrected chi connectivity index (χ0v) is 14.6. The van der Waals surface area contributed by atoms with E-state index in [1.54, 1.807) is 18.2 Å². The van der Waals surface area contributed by atoms with Gasteiger partial charge >= 0.3 is 5.76 Å². The largest absolute Gasteiger partial charge is 0.497 e. The number of H-pyrrole nitrogens is 1. The van der Waals surface area contributed by atoms with Gasteiger partial charge in [-0.2, -0.15) is 0 Å². The van der Waals surface area contributed by atoms with Crippen LogP contribution in [-0.4, -0.2) is 32.2 Å². The van der Waals surface area contributed by atoms with Gasteiger partial charge in [-0.15, -0.1) is 0 Å². The molecule has 0 fully saturated rings. The van der Waals surface area contributed by atoms with E-state index >= 15 is 0 Å². The SMILES string of the molecule is COc1ccc2c(c1)N(S(=O)(=O)c1ccc3[nH]c(=O)oc3c1)CCC2O. The minimum absolute atomic E-state index is 0.00194. The number of aromatic amines is 1. The lowest BCUT2D eigenvalue weighted by Crippen LogP contribution is -2.36. The molecule has 2 heterocycles. The summed E-state index contributed by atoms with van der Waals surface area (Å²) in [6.45, 7) is 0.124. The maximum Gasteiger partial charge on any atom is 0.417 e. The zero-order chi connectivity index (χ0) is 18.5. The summed E-state index contributed by atoms with van der Waals surface area (Å²) in [6, 6.07) is 9.14. The predicted octanol–water partition coefficient (Wildman–Crippen LogP) is 1.76. The monoisotopic (exact) mass is 376 g/mol. The quantitative estimate of drug-likeness (QED) is 0.720. The fraction of sp³-hybridized carbons (Fsp3) is 0.235. The van der Waals surface area contributed by atoms with Gasteiger partial charge in [0, 0.05) is 24.2 Å². The molecule has 136 valence electrons. The first-order chi connectivity index (χ1) is 12.4. The first kappa shape index (κ1) is 16.7. The number of nitrogens with zero attached hydrogens (tertiary/aromatic N) is 1. The van der Waals surface area contributed by atoms with Gasteiger partial charge in [0.1, 0.15) is 5.75 Å². The van der Waals surface area contributed by atoms with E-state index < -0.39 is 21.9 Å². The lowest BCUT2D eigenvalue weighted by Gasteiger charge is -2.33. The van der Waals surface area contributed by atoms with Gasteiger partial charge in [-0.1, -0.05) is 6.07 Å². The number of anilines is 1. The highest BCUT2D eigenvalue weighted by Crippen LogP contribution is 2.39. The van der Waals surface area contributed by atoms with Gasteiger partial charge < -0.3 is 14.3 Å². The summed E-state index contributed by atoms with van der Waals surface area (Å²) in [5.74, 6) is -0.157. The lowest BCUT2D eigenvalue weighted by molar-refractivity contribution is 0.166. The van der Waals surface area contributed by atoms with E-state index in [-0.39, 0.29) is 23.4 Å². The molecule has 2 aromatic carbocycles. The van der Waals surface area contributed by atoms with E-state index in [0.717, 1.165) is 0 Å². The van der Waals surface area contributed by atoms with Crippen molar-refractivity contribution < 1.29 is 22.7 Å². The van der Waals surface area contributed by atoms with E-state index in [4.69, 9.17) is 9.15 Å². The molecule has 0 amide bonds. The molecule has 2 N–H and O–H groups in total. The molecule has 1 unspecified atom stereocenters. The molecule has 4 rings (SSSR count). The number of methoxy groups -OCH3 is 1. The highest BCUT2D eigenvalue weighted by molar-refractivity contribution is 7.92. The minimum atomic E-state index is -3.92. The number of nitrogens with one attached hydrogen (secondary N) is 1. The standard InChI is InChI=1S/C17H16N2O6S/c1-24-10-2-4-12-14(8-10)19(7-6-15(12)20)26(22,23)11-3-5-13-16(9-11)25-17(21)18-13/h2-5,8-9,15,20H,6-7H2,1H3,(H,18,21). The summed E-state index contributed by atoms with van der Waals surface area (Å²) in [5.41, 5.74) is 1.48. The Morgan fingerprint density at radius 3 is 2.85 bits per heavy atom. The van der Waals surface area contributed by atoms with E-state index in [9.17, 15) is 18.3 Å². The van der Waals surface area contributed by atoms with Crippen molar-refractivity contribution in [3.05, 3.63) is 52.5 Å². The van der Waals surface area contributed by atoms with Gasteiger partial charge in [-0.25, -0.2) is 13.2 Å². The number of ether oxygens (including phenoxy) is 1. The van der Waals surface area contributed by atoms with Crippen molar-refractivity contribution >= 4 is 26.8 Å². The number of aromatic nitrogens is 1. The van der Waals surface area contributed by atoms with E-state index in [0.29, 0.717) is 22.5 Å². The van der Waals surface area contributed by atoms with Gasteiger partial charge in [-0.3, -0.25) is 9.29 Å². The minimum Gasteiger partial charge on any atom is -0.497 e. The van der Waals surface area contributed by atoms with Crippen molar-refractivity contribution in [2.75, 3.05) is 18.0 Å². The Balaban J connectivity index is 1.85. The molecule has 8 nitrogen and oxygen atoms in total. The van der Waals surface area contributed by atoms with Crippen molar-refractivity contribution in [1.29, 1.82) is 0 Å². The van der Waals surface area contributed by atoms with Crippen LogP contribution in [-0.2, 0) is 10.0 Å². The number of fused-ring (bicyclic) bond motifs is 2. The van der Waals surface area contributed by atoms with Crippen molar-refractivity contribution in [2.45, 2.75) is 17.4 Å². The van der Waals surface area contributed by atoms with E-state index in [1.165, 1.54) is 29.6 Å². The third-order valence-corrected chi connectivity index (χ3v) is 6.26. The van der Waals surface area contributed by atoms with Crippen molar-refractivity contribution in [1.82, 2.24) is 4.98 Å². The average Bonchev–Trinajstić information content (AvgIpc) is 3.00. The van der Waals surface area contributed by atoms with Crippen LogP contribution in [0.3, 0.4) is 0 Å². The van der Waals surface area contributed by atoms with Crippen molar-refractivity contribution in [3.63, 3.8) is 0 Å².